The van der Waals surface area contributed by atoms with Gasteiger partial charge in [0.2, 0.25) is 0 Å². The second-order valence-corrected chi connectivity index (χ2v) is 11.2. The number of benzene rings is 4. The van der Waals surface area contributed by atoms with E-state index >= 15 is 0 Å². The number of nitrogens with one attached hydrogen (secondary N) is 6. The van der Waals surface area contributed by atoms with E-state index in [1.54, 1.807) is 24.3 Å². The van der Waals surface area contributed by atoms with E-state index in [1.807, 2.05) is 72.8 Å². The Morgan fingerprint density at radius 1 is 0.682 bits per heavy atom. The number of nitrogens with zero attached hydrogens (tertiary/aromatic N) is 1. The number of carbonyl (C=O) groups is 2. The second kappa shape index (κ2) is 15.1. The maximum atomic E-state index is 12.1. The first-order chi connectivity index (χ1) is 21.4. The summed E-state index contributed by atoms with van der Waals surface area (Å²) in [6, 6.07) is 29.3. The van der Waals surface area contributed by atoms with Crippen LogP contribution < -0.4 is 31.9 Å². The van der Waals surface area contributed by atoms with Crippen molar-refractivity contribution in [1.29, 1.82) is 0 Å². The van der Waals surface area contributed by atoms with E-state index in [0.29, 0.717) is 16.4 Å². The van der Waals surface area contributed by atoms with Crippen LogP contribution in [0.4, 0.5) is 32.3 Å². The fourth-order valence-electron chi connectivity index (χ4n) is 4.53. The van der Waals surface area contributed by atoms with Gasteiger partial charge in [-0.15, -0.1) is 0 Å². The Hall–Kier alpha value is -4.80. The molecule has 4 aromatic carbocycles. The van der Waals surface area contributed by atoms with Gasteiger partial charge in [-0.25, -0.2) is 9.59 Å². The Kier molecular flexibility index (Phi) is 10.5. The Bertz CT molecular complexity index is 1580. The summed E-state index contributed by atoms with van der Waals surface area (Å²) >= 11 is 9.27. The lowest BCUT2D eigenvalue weighted by Gasteiger charge is -2.10. The van der Waals surface area contributed by atoms with Crippen LogP contribution in [-0.2, 0) is 0 Å². The first-order valence-electron chi connectivity index (χ1n) is 14.0. The lowest BCUT2D eigenvalue weighted by atomic mass is 10.1. The van der Waals surface area contributed by atoms with Crippen molar-refractivity contribution in [2.24, 2.45) is 4.99 Å². The van der Waals surface area contributed by atoms with Gasteiger partial charge in [-0.3, -0.25) is 4.99 Å². The summed E-state index contributed by atoms with van der Waals surface area (Å²) in [5.74, 6) is 0.860. The van der Waals surface area contributed by atoms with E-state index in [-0.39, 0.29) is 12.1 Å². The van der Waals surface area contributed by atoms with E-state index in [4.69, 9.17) is 11.6 Å². The first-order valence-corrected chi connectivity index (χ1v) is 15.2. The number of halogens is 2. The highest BCUT2D eigenvalue weighted by Gasteiger charge is 2.10. The lowest BCUT2D eigenvalue weighted by Crippen LogP contribution is -2.21. The van der Waals surface area contributed by atoms with E-state index < -0.39 is 0 Å². The fourth-order valence-corrected chi connectivity index (χ4v) is 5.12. The molecule has 9 nitrogen and oxygen atoms in total. The lowest BCUT2D eigenvalue weighted by molar-refractivity contribution is 0.261. The van der Waals surface area contributed by atoms with E-state index in [2.05, 4.69) is 58.9 Å². The molecule has 2 heterocycles. The molecule has 0 saturated carbocycles. The topological polar surface area (TPSA) is 119 Å². The summed E-state index contributed by atoms with van der Waals surface area (Å²) in [6.45, 7) is 2.60. The molecule has 2 aliphatic heterocycles. The number of aliphatic imine (C=N–C) groups is 1. The van der Waals surface area contributed by atoms with Gasteiger partial charge >= 0.3 is 12.1 Å². The summed E-state index contributed by atoms with van der Waals surface area (Å²) in [7, 11) is 0. The molecule has 0 aromatic heterocycles. The zero-order valence-corrected chi connectivity index (χ0v) is 26.0. The number of urea groups is 2. The standard InChI is InChI=1S/C17H16BrN3O.C16H15ClN4O/c18-13-5-2-7-15(11-13)21-17(22)20-14-6-1-4-12(10-14)16-8-3-9-19-16;17-12-4-2-6-14(10-12)21-16(22)20-13-5-1-3-11(9-13)15-18-7-8-19-15/h1-2,4-8,10-11,19H,3,9H2,(H2,20,21,22);1-6,9-10H,7-8H2,(H,18,19)(H2,20,21,22). The van der Waals surface area contributed by atoms with Crippen molar-refractivity contribution >= 4 is 73.9 Å². The van der Waals surface area contributed by atoms with Crippen molar-refractivity contribution in [2.45, 2.75) is 6.42 Å². The van der Waals surface area contributed by atoms with Gasteiger partial charge in [-0.1, -0.05) is 70.0 Å². The normalized spacial score (nSPS) is 13.2. The SMILES string of the molecule is O=C(Nc1cccc(Br)c1)Nc1cccc(C2=CCCN2)c1.O=C(Nc1cccc(Cl)c1)Nc1cccc(C2=NCCN2)c1. The van der Waals surface area contributed by atoms with E-state index in [1.165, 1.54) is 0 Å². The minimum atomic E-state index is -0.319. The summed E-state index contributed by atoms with van der Waals surface area (Å²) in [5.41, 5.74) is 6.01. The maximum Gasteiger partial charge on any atom is 0.323 e. The number of anilines is 4. The van der Waals surface area contributed by atoms with Crippen molar-refractivity contribution in [1.82, 2.24) is 10.6 Å². The third-order valence-corrected chi connectivity index (χ3v) is 7.20. The van der Waals surface area contributed by atoms with E-state index in [0.717, 1.165) is 64.6 Å². The van der Waals surface area contributed by atoms with Gasteiger partial charge in [0.25, 0.3) is 0 Å². The van der Waals surface area contributed by atoms with Crippen LogP contribution in [0.25, 0.3) is 5.70 Å². The van der Waals surface area contributed by atoms with Crippen molar-refractivity contribution in [3.05, 3.63) is 124 Å². The molecule has 4 aromatic rings. The molecule has 6 N–H and O–H groups in total. The van der Waals surface area contributed by atoms with Crippen LogP contribution in [0.2, 0.25) is 5.02 Å². The van der Waals surface area contributed by atoms with Crippen molar-refractivity contribution in [3.8, 4) is 0 Å². The van der Waals surface area contributed by atoms with Crippen molar-refractivity contribution in [2.75, 3.05) is 40.9 Å². The predicted molar refractivity (Wildman–Crippen MR) is 184 cm³/mol. The second-order valence-electron chi connectivity index (χ2n) is 9.83. The van der Waals surface area contributed by atoms with Crippen LogP contribution in [0.15, 0.2) is 113 Å². The van der Waals surface area contributed by atoms with Gasteiger partial charge in [0, 0.05) is 56.6 Å². The largest absolute Gasteiger partial charge is 0.385 e. The molecule has 4 amide bonds. The number of hydrogen-bond acceptors (Lipinski definition) is 5. The molecule has 0 atom stereocenters. The average Bonchev–Trinajstić information content (AvgIpc) is 3.73. The van der Waals surface area contributed by atoms with Gasteiger partial charge in [-0.05, 0) is 72.6 Å². The van der Waals surface area contributed by atoms with Gasteiger partial charge in [0.05, 0.1) is 6.54 Å². The molecule has 0 unspecified atom stereocenters. The minimum Gasteiger partial charge on any atom is -0.385 e. The van der Waals surface area contributed by atoms with Gasteiger partial charge in [0.15, 0.2) is 0 Å². The van der Waals surface area contributed by atoms with E-state index in [9.17, 15) is 9.59 Å². The molecule has 224 valence electrons. The molecule has 11 heteroatoms. The molecule has 0 radical (unpaired) electrons. The third-order valence-electron chi connectivity index (χ3n) is 6.47. The molecule has 0 fully saturated rings. The number of amidine groups is 1. The molecule has 6 rings (SSSR count). The van der Waals surface area contributed by atoms with Crippen LogP contribution in [0.1, 0.15) is 17.5 Å². The van der Waals surface area contributed by atoms with Crippen molar-refractivity contribution in [3.63, 3.8) is 0 Å². The first kappa shape index (κ1) is 30.7. The highest BCUT2D eigenvalue weighted by molar-refractivity contribution is 9.10. The Balaban J connectivity index is 0.000000175. The van der Waals surface area contributed by atoms with Gasteiger partial charge in [0.1, 0.15) is 5.84 Å². The number of hydrogen-bond donors (Lipinski definition) is 6. The van der Waals surface area contributed by atoms with Gasteiger partial charge < -0.3 is 31.9 Å². The smallest absolute Gasteiger partial charge is 0.323 e. The molecule has 2 aliphatic rings. The average molecular weight is 673 g/mol. The summed E-state index contributed by atoms with van der Waals surface area (Å²) in [4.78, 5) is 28.4. The Labute approximate surface area is 269 Å². The number of amides is 4. The minimum absolute atomic E-state index is 0.261. The molecular formula is C33H31BrClN7O2. The molecule has 0 saturated heterocycles. The predicted octanol–water partition coefficient (Wildman–Crippen LogP) is 7.76. The van der Waals surface area contributed by atoms with Crippen LogP contribution in [0, 0.1) is 0 Å². The highest BCUT2D eigenvalue weighted by Crippen LogP contribution is 2.21. The number of carbonyl (C=O) groups excluding carboxylic acids is 2. The quantitative estimate of drug-likeness (QED) is 0.126. The van der Waals surface area contributed by atoms with Crippen molar-refractivity contribution < 1.29 is 9.59 Å². The van der Waals surface area contributed by atoms with Crippen LogP contribution in [-0.4, -0.2) is 37.5 Å². The fraction of sp³-hybridized carbons (Fsp3) is 0.121. The Morgan fingerprint density at radius 3 is 1.82 bits per heavy atom. The summed E-state index contributed by atoms with van der Waals surface area (Å²) in [6.07, 6.45) is 3.21. The molecule has 0 bridgehead atoms. The highest BCUT2D eigenvalue weighted by atomic mass is 79.9. The van der Waals surface area contributed by atoms with Gasteiger partial charge in [-0.2, -0.15) is 0 Å². The molecular weight excluding hydrogens is 642 g/mol. The molecule has 44 heavy (non-hydrogen) atoms. The van der Waals surface area contributed by atoms with Crippen LogP contribution in [0.5, 0.6) is 0 Å². The van der Waals surface area contributed by atoms with Crippen LogP contribution >= 0.6 is 27.5 Å². The summed E-state index contributed by atoms with van der Waals surface area (Å²) in [5, 5.41) is 18.3. The Morgan fingerprint density at radius 2 is 1.25 bits per heavy atom. The summed E-state index contributed by atoms with van der Waals surface area (Å²) < 4.78 is 0.923. The molecule has 0 aliphatic carbocycles. The number of rotatable bonds is 6. The monoisotopic (exact) mass is 671 g/mol. The zero-order valence-electron chi connectivity index (χ0n) is 23.7. The zero-order chi connectivity index (χ0) is 30.7. The molecule has 0 spiro atoms. The third kappa shape index (κ3) is 9.10. The maximum absolute atomic E-state index is 12.1. The van der Waals surface area contributed by atoms with Crippen LogP contribution in [0.3, 0.4) is 0 Å².